The lowest BCUT2D eigenvalue weighted by atomic mass is 10.1. The predicted molar refractivity (Wildman–Crippen MR) is 95.2 cm³/mol. The highest BCUT2D eigenvalue weighted by Gasteiger charge is 2.36. The zero-order valence-corrected chi connectivity index (χ0v) is 15.8. The van der Waals surface area contributed by atoms with E-state index in [1.165, 1.54) is 29.6 Å². The van der Waals surface area contributed by atoms with E-state index in [4.69, 9.17) is 4.74 Å². The first kappa shape index (κ1) is 18.6. The highest BCUT2D eigenvalue weighted by Crippen LogP contribution is 2.29. The Kier molecular flexibility index (Phi) is 5.12. The molecule has 1 atom stereocenters. The molecule has 1 fully saturated rings. The fourth-order valence-corrected chi connectivity index (χ4v) is 4.83. The fourth-order valence-electron chi connectivity index (χ4n) is 3.16. The summed E-state index contributed by atoms with van der Waals surface area (Å²) in [6.07, 6.45) is 3.45. The van der Waals surface area contributed by atoms with Crippen LogP contribution in [0.1, 0.15) is 27.8 Å². The molecule has 140 valence electrons. The molecule has 0 saturated carbocycles. The lowest BCUT2D eigenvalue weighted by molar-refractivity contribution is 0.0600. The second-order valence-electron chi connectivity index (χ2n) is 6.20. The molecule has 0 bridgehead atoms. The van der Waals surface area contributed by atoms with Gasteiger partial charge in [0, 0.05) is 39.1 Å². The van der Waals surface area contributed by atoms with Crippen molar-refractivity contribution in [3.63, 3.8) is 0 Å². The van der Waals surface area contributed by atoms with E-state index in [1.807, 2.05) is 11.6 Å². The molecule has 1 unspecified atom stereocenters. The lowest BCUT2D eigenvalue weighted by Gasteiger charge is -2.34. The third-order valence-electron chi connectivity index (χ3n) is 4.56. The van der Waals surface area contributed by atoms with Crippen LogP contribution in [0.4, 0.5) is 0 Å². The van der Waals surface area contributed by atoms with Crippen LogP contribution >= 0.6 is 0 Å². The Labute approximate surface area is 152 Å². The summed E-state index contributed by atoms with van der Waals surface area (Å²) >= 11 is 0. The number of hydrogen-bond donors (Lipinski definition) is 1. The highest BCUT2D eigenvalue weighted by molar-refractivity contribution is 7.89. The number of ether oxygens (including phenoxy) is 1. The van der Waals surface area contributed by atoms with E-state index in [-0.39, 0.29) is 4.90 Å². The van der Waals surface area contributed by atoms with Crippen LogP contribution < -0.4 is 5.32 Å². The minimum atomic E-state index is -3.74. The van der Waals surface area contributed by atoms with Crippen molar-refractivity contribution < 1.29 is 17.9 Å². The summed E-state index contributed by atoms with van der Waals surface area (Å²) in [5.41, 5.74) is 0.911. The van der Waals surface area contributed by atoms with Crippen LogP contribution in [0.3, 0.4) is 0 Å². The normalized spacial score (nSPS) is 18.7. The summed E-state index contributed by atoms with van der Waals surface area (Å²) in [6, 6.07) is 4.06. The van der Waals surface area contributed by atoms with Crippen molar-refractivity contribution in [2.75, 3.05) is 26.7 Å². The van der Waals surface area contributed by atoms with Gasteiger partial charge in [-0.3, -0.25) is 0 Å². The maximum Gasteiger partial charge on any atom is 0.338 e. The van der Waals surface area contributed by atoms with E-state index in [1.54, 1.807) is 19.3 Å². The fraction of sp³-hybridized carbons (Fsp3) is 0.412. The van der Waals surface area contributed by atoms with Crippen molar-refractivity contribution in [3.05, 3.63) is 47.5 Å². The second kappa shape index (κ2) is 7.18. The van der Waals surface area contributed by atoms with E-state index in [0.717, 1.165) is 0 Å². The number of aryl methyl sites for hydroxylation is 2. The van der Waals surface area contributed by atoms with Crippen LogP contribution in [0.15, 0.2) is 35.5 Å². The molecule has 1 aromatic heterocycles. The Morgan fingerprint density at radius 1 is 1.38 bits per heavy atom. The Morgan fingerprint density at radius 3 is 2.77 bits per heavy atom. The Hall–Kier alpha value is -2.23. The number of sulfonamides is 1. The molecule has 1 saturated heterocycles. The van der Waals surface area contributed by atoms with Crippen molar-refractivity contribution in [2.45, 2.75) is 17.9 Å². The molecule has 1 aromatic carbocycles. The largest absolute Gasteiger partial charge is 0.465 e. The minimum absolute atomic E-state index is 0.156. The van der Waals surface area contributed by atoms with Gasteiger partial charge in [0.05, 0.1) is 23.6 Å². The number of methoxy groups -OCH3 is 1. The zero-order chi connectivity index (χ0) is 18.9. The molecule has 1 aliphatic rings. The monoisotopic (exact) mass is 378 g/mol. The van der Waals surface area contributed by atoms with Crippen molar-refractivity contribution in [2.24, 2.45) is 7.05 Å². The molecule has 2 heterocycles. The van der Waals surface area contributed by atoms with Gasteiger partial charge in [0.1, 0.15) is 5.82 Å². The summed E-state index contributed by atoms with van der Waals surface area (Å²) in [4.78, 5) is 16.2. The number of aromatic nitrogens is 2. The molecule has 26 heavy (non-hydrogen) atoms. The summed E-state index contributed by atoms with van der Waals surface area (Å²) < 4.78 is 34.5. The van der Waals surface area contributed by atoms with E-state index in [2.05, 4.69) is 10.3 Å². The molecule has 0 amide bonds. The average Bonchev–Trinajstić information content (AvgIpc) is 3.06. The summed E-state index contributed by atoms with van der Waals surface area (Å²) in [7, 11) is -0.597. The number of piperazine rings is 1. The minimum Gasteiger partial charge on any atom is -0.465 e. The number of carbonyl (C=O) groups excluding carboxylic acids is 1. The standard InChI is InChI=1S/C17H22N4O4S/c1-12-10-13(4-5-14(12)17(22)25-3)26(23,24)21-9-6-18-11-15(21)16-19-7-8-20(16)2/h4-5,7-8,10,15,18H,6,9,11H2,1-3H3. The van der Waals surface area contributed by atoms with Crippen LogP contribution in [0.2, 0.25) is 0 Å². The van der Waals surface area contributed by atoms with Gasteiger partial charge in [-0.1, -0.05) is 0 Å². The third kappa shape index (κ3) is 3.25. The number of nitrogens with zero attached hydrogens (tertiary/aromatic N) is 3. The number of imidazole rings is 1. The molecular formula is C17H22N4O4S. The number of esters is 1. The van der Waals surface area contributed by atoms with Crippen molar-refractivity contribution in [1.82, 2.24) is 19.2 Å². The maximum atomic E-state index is 13.3. The van der Waals surface area contributed by atoms with Crippen molar-refractivity contribution >= 4 is 16.0 Å². The van der Waals surface area contributed by atoms with E-state index in [0.29, 0.717) is 36.6 Å². The van der Waals surface area contributed by atoms with Crippen LogP contribution in [0.5, 0.6) is 0 Å². The molecule has 1 N–H and O–H groups in total. The van der Waals surface area contributed by atoms with Crippen LogP contribution in [-0.2, 0) is 21.8 Å². The topological polar surface area (TPSA) is 93.5 Å². The highest BCUT2D eigenvalue weighted by atomic mass is 32.2. The smallest absolute Gasteiger partial charge is 0.338 e. The van der Waals surface area contributed by atoms with Gasteiger partial charge in [-0.15, -0.1) is 0 Å². The van der Waals surface area contributed by atoms with Crippen LogP contribution in [0.25, 0.3) is 0 Å². The van der Waals surface area contributed by atoms with Gasteiger partial charge in [-0.05, 0) is 30.7 Å². The van der Waals surface area contributed by atoms with Crippen molar-refractivity contribution in [3.8, 4) is 0 Å². The van der Waals surface area contributed by atoms with Gasteiger partial charge in [-0.25, -0.2) is 18.2 Å². The number of rotatable bonds is 4. The SMILES string of the molecule is COC(=O)c1ccc(S(=O)(=O)N2CCNCC2c2nccn2C)cc1C. The Morgan fingerprint density at radius 2 is 2.15 bits per heavy atom. The molecule has 2 aromatic rings. The first-order chi connectivity index (χ1) is 12.4. The average molecular weight is 378 g/mol. The van der Waals surface area contributed by atoms with Crippen LogP contribution in [0, 0.1) is 6.92 Å². The molecular weight excluding hydrogens is 356 g/mol. The molecule has 8 nitrogen and oxygen atoms in total. The summed E-state index contributed by atoms with van der Waals surface area (Å²) in [6.45, 7) is 3.10. The van der Waals surface area contributed by atoms with Gasteiger partial charge in [0.2, 0.25) is 10.0 Å². The number of benzene rings is 1. The predicted octanol–water partition coefficient (Wildman–Crippen LogP) is 0.850. The summed E-state index contributed by atoms with van der Waals surface area (Å²) in [5, 5.41) is 3.23. The first-order valence-electron chi connectivity index (χ1n) is 8.25. The Bertz CT molecular complexity index is 923. The second-order valence-corrected chi connectivity index (χ2v) is 8.09. The van der Waals surface area contributed by atoms with Gasteiger partial charge in [0.15, 0.2) is 0 Å². The van der Waals surface area contributed by atoms with Gasteiger partial charge in [0.25, 0.3) is 0 Å². The zero-order valence-electron chi connectivity index (χ0n) is 15.0. The quantitative estimate of drug-likeness (QED) is 0.793. The number of nitrogens with one attached hydrogen (secondary N) is 1. The van der Waals surface area contributed by atoms with E-state index in [9.17, 15) is 13.2 Å². The number of carbonyl (C=O) groups is 1. The van der Waals surface area contributed by atoms with E-state index < -0.39 is 22.0 Å². The lowest BCUT2D eigenvalue weighted by Crippen LogP contribution is -2.49. The molecule has 3 rings (SSSR count). The molecule has 0 aliphatic carbocycles. The first-order valence-corrected chi connectivity index (χ1v) is 9.69. The maximum absolute atomic E-state index is 13.3. The molecule has 1 aliphatic heterocycles. The van der Waals surface area contributed by atoms with Gasteiger partial charge < -0.3 is 14.6 Å². The number of hydrogen-bond acceptors (Lipinski definition) is 6. The van der Waals surface area contributed by atoms with Gasteiger partial charge >= 0.3 is 5.97 Å². The van der Waals surface area contributed by atoms with Crippen molar-refractivity contribution in [1.29, 1.82) is 0 Å². The Balaban J connectivity index is 1.99. The summed E-state index contributed by atoms with van der Waals surface area (Å²) in [5.74, 6) is 0.197. The molecule has 9 heteroatoms. The van der Waals surface area contributed by atoms with Gasteiger partial charge in [-0.2, -0.15) is 4.31 Å². The molecule has 0 radical (unpaired) electrons. The van der Waals surface area contributed by atoms with Crippen LogP contribution in [-0.4, -0.2) is 55.0 Å². The molecule has 0 spiro atoms. The third-order valence-corrected chi connectivity index (χ3v) is 6.46. The van der Waals surface area contributed by atoms with E-state index >= 15 is 0 Å².